The summed E-state index contributed by atoms with van der Waals surface area (Å²) in [4.78, 5) is 21.4. The van der Waals surface area contributed by atoms with Gasteiger partial charge < -0.3 is 10.1 Å². The van der Waals surface area contributed by atoms with Gasteiger partial charge in [-0.15, -0.1) is 0 Å². The smallest absolute Gasteiger partial charge is 0.307 e. The van der Waals surface area contributed by atoms with E-state index < -0.39 is 5.97 Å². The van der Waals surface area contributed by atoms with Crippen molar-refractivity contribution in [1.29, 1.82) is 0 Å². The van der Waals surface area contributed by atoms with Crippen LogP contribution in [0.3, 0.4) is 0 Å². The van der Waals surface area contributed by atoms with Gasteiger partial charge in [-0.1, -0.05) is 27.7 Å². The Balaban J connectivity index is 2.08. The molecule has 5 heteroatoms. The second kappa shape index (κ2) is 6.18. The molecule has 2 atom stereocenters. The second-order valence-electron chi connectivity index (χ2n) is 7.24. The van der Waals surface area contributed by atoms with Gasteiger partial charge in [-0.2, -0.15) is 0 Å². The van der Waals surface area contributed by atoms with Crippen LogP contribution in [-0.2, 0) is 17.8 Å². The van der Waals surface area contributed by atoms with Crippen molar-refractivity contribution in [3.8, 4) is 0 Å². The number of aliphatic carboxylic acids is 1. The van der Waals surface area contributed by atoms with Crippen LogP contribution >= 0.6 is 0 Å². The molecule has 0 radical (unpaired) electrons. The maximum Gasteiger partial charge on any atom is 0.307 e. The Bertz CT molecular complexity index is 490. The molecular weight excluding hydrogens is 266 g/mol. The molecule has 21 heavy (non-hydrogen) atoms. The Hall–Kier alpha value is -1.36. The van der Waals surface area contributed by atoms with Crippen molar-refractivity contribution in [1.82, 2.24) is 14.9 Å². The summed E-state index contributed by atoms with van der Waals surface area (Å²) in [6, 6.07) is 0. The Morgan fingerprint density at radius 1 is 1.48 bits per heavy atom. The highest BCUT2D eigenvalue weighted by molar-refractivity contribution is 5.70. The lowest BCUT2D eigenvalue weighted by Gasteiger charge is -2.41. The fraction of sp³-hybridized carbons (Fsp3) is 0.750. The average Bonchev–Trinajstić information content (AvgIpc) is 2.85. The van der Waals surface area contributed by atoms with Crippen molar-refractivity contribution < 1.29 is 9.90 Å². The quantitative estimate of drug-likeness (QED) is 0.895. The van der Waals surface area contributed by atoms with E-state index >= 15 is 0 Å². The number of carboxylic acids is 1. The Morgan fingerprint density at radius 3 is 2.71 bits per heavy atom. The number of carboxylic acid groups (broad SMARTS) is 1. The first-order chi connectivity index (χ1) is 9.79. The van der Waals surface area contributed by atoms with Crippen LogP contribution in [-0.4, -0.2) is 39.0 Å². The van der Waals surface area contributed by atoms with Gasteiger partial charge in [0.15, 0.2) is 0 Å². The van der Waals surface area contributed by atoms with Crippen molar-refractivity contribution in [3.05, 3.63) is 17.7 Å². The van der Waals surface area contributed by atoms with E-state index in [0.29, 0.717) is 19.0 Å². The predicted molar refractivity (Wildman–Crippen MR) is 81.9 cm³/mol. The maximum atomic E-state index is 11.4. The molecule has 1 aliphatic rings. The topological polar surface area (TPSA) is 69.2 Å². The monoisotopic (exact) mass is 293 g/mol. The molecule has 0 aliphatic carbocycles. The number of H-pyrrole nitrogens is 1. The zero-order chi connectivity index (χ0) is 15.6. The summed E-state index contributed by atoms with van der Waals surface area (Å²) >= 11 is 0. The summed E-state index contributed by atoms with van der Waals surface area (Å²) in [5.74, 6) is 0.379. The Kier molecular flexibility index (Phi) is 4.71. The van der Waals surface area contributed by atoms with E-state index in [4.69, 9.17) is 0 Å². The highest BCUT2D eigenvalue weighted by Crippen LogP contribution is 2.36. The SMILES string of the molecule is CCc1cnc(CN2C[C@H](C(=O)O)C[C@H](C(C)(C)C)C2)[nH]1. The molecular formula is C16H27N3O2. The Labute approximate surface area is 126 Å². The maximum absolute atomic E-state index is 11.4. The van der Waals surface area contributed by atoms with Crippen LogP contribution in [0.4, 0.5) is 0 Å². The third-order valence-corrected chi connectivity index (χ3v) is 4.54. The largest absolute Gasteiger partial charge is 0.481 e. The molecule has 0 saturated carbocycles. The molecule has 1 saturated heterocycles. The van der Waals surface area contributed by atoms with Crippen molar-refractivity contribution in [2.45, 2.75) is 47.1 Å². The standard InChI is InChI=1S/C16H27N3O2/c1-5-13-7-17-14(18-13)10-19-8-11(15(20)21)6-12(9-19)16(2,3)4/h7,11-12H,5-6,8-10H2,1-4H3,(H,17,18)(H,20,21)/t11-,12+/m1/s1. The van der Waals surface area contributed by atoms with E-state index in [-0.39, 0.29) is 11.3 Å². The van der Waals surface area contributed by atoms with Crippen molar-refractivity contribution in [2.75, 3.05) is 13.1 Å². The minimum absolute atomic E-state index is 0.129. The molecule has 1 aromatic heterocycles. The number of aromatic nitrogens is 2. The first-order valence-electron chi connectivity index (χ1n) is 7.77. The number of likely N-dealkylation sites (tertiary alicyclic amines) is 1. The summed E-state index contributed by atoms with van der Waals surface area (Å²) in [6.07, 6.45) is 3.58. The predicted octanol–water partition coefficient (Wildman–Crippen LogP) is 2.54. The minimum atomic E-state index is -0.678. The fourth-order valence-corrected chi connectivity index (χ4v) is 3.00. The molecule has 2 N–H and O–H groups in total. The molecule has 0 bridgehead atoms. The summed E-state index contributed by atoms with van der Waals surface area (Å²) < 4.78 is 0. The number of rotatable bonds is 4. The molecule has 2 heterocycles. The molecule has 5 nitrogen and oxygen atoms in total. The zero-order valence-electron chi connectivity index (χ0n) is 13.5. The van der Waals surface area contributed by atoms with Gasteiger partial charge in [-0.3, -0.25) is 9.69 Å². The van der Waals surface area contributed by atoms with E-state index in [1.807, 2.05) is 6.20 Å². The van der Waals surface area contributed by atoms with E-state index in [2.05, 4.69) is 42.6 Å². The van der Waals surface area contributed by atoms with Crippen LogP contribution in [0.15, 0.2) is 6.20 Å². The summed E-state index contributed by atoms with van der Waals surface area (Å²) in [6.45, 7) is 10.9. The third kappa shape index (κ3) is 4.06. The average molecular weight is 293 g/mol. The van der Waals surface area contributed by atoms with Crippen LogP contribution in [0, 0.1) is 17.3 Å². The van der Waals surface area contributed by atoms with Gasteiger partial charge >= 0.3 is 5.97 Å². The van der Waals surface area contributed by atoms with E-state index in [1.165, 1.54) is 0 Å². The van der Waals surface area contributed by atoms with E-state index in [0.717, 1.165) is 30.9 Å². The number of aryl methyl sites for hydroxylation is 1. The van der Waals surface area contributed by atoms with Crippen LogP contribution < -0.4 is 0 Å². The van der Waals surface area contributed by atoms with Crippen molar-refractivity contribution in [2.24, 2.45) is 17.3 Å². The molecule has 0 spiro atoms. The number of hydrogen-bond acceptors (Lipinski definition) is 3. The second-order valence-corrected chi connectivity index (χ2v) is 7.24. The lowest BCUT2D eigenvalue weighted by molar-refractivity contribution is -0.145. The van der Waals surface area contributed by atoms with Crippen molar-refractivity contribution >= 4 is 5.97 Å². The Morgan fingerprint density at radius 2 is 2.19 bits per heavy atom. The number of aromatic amines is 1. The molecule has 1 aromatic rings. The lowest BCUT2D eigenvalue weighted by atomic mass is 9.73. The first-order valence-corrected chi connectivity index (χ1v) is 7.77. The van der Waals surface area contributed by atoms with E-state index in [1.54, 1.807) is 0 Å². The van der Waals surface area contributed by atoms with E-state index in [9.17, 15) is 9.90 Å². The van der Waals surface area contributed by atoms with Gasteiger partial charge in [-0.05, 0) is 24.2 Å². The number of nitrogens with one attached hydrogen (secondary N) is 1. The molecule has 0 aromatic carbocycles. The number of carbonyl (C=O) groups is 1. The molecule has 0 amide bonds. The lowest BCUT2D eigenvalue weighted by Crippen LogP contribution is -2.46. The fourth-order valence-electron chi connectivity index (χ4n) is 3.00. The molecule has 0 unspecified atom stereocenters. The summed E-state index contributed by atoms with van der Waals surface area (Å²) in [5, 5.41) is 9.40. The highest BCUT2D eigenvalue weighted by Gasteiger charge is 2.37. The van der Waals surface area contributed by atoms with Gasteiger partial charge in [-0.25, -0.2) is 4.98 Å². The van der Waals surface area contributed by atoms with Gasteiger partial charge in [0.05, 0.1) is 12.5 Å². The van der Waals surface area contributed by atoms with Crippen molar-refractivity contribution in [3.63, 3.8) is 0 Å². The zero-order valence-corrected chi connectivity index (χ0v) is 13.5. The third-order valence-electron chi connectivity index (χ3n) is 4.54. The normalized spacial score (nSPS) is 24.2. The number of piperidine rings is 1. The number of nitrogens with zero attached hydrogens (tertiary/aromatic N) is 2. The minimum Gasteiger partial charge on any atom is -0.481 e. The van der Waals surface area contributed by atoms with Crippen LogP contribution in [0.25, 0.3) is 0 Å². The molecule has 1 aliphatic heterocycles. The molecule has 2 rings (SSSR count). The molecule has 118 valence electrons. The van der Waals surface area contributed by atoms with Crippen LogP contribution in [0.2, 0.25) is 0 Å². The molecule has 1 fully saturated rings. The number of hydrogen-bond donors (Lipinski definition) is 2. The van der Waals surface area contributed by atoms with Crippen LogP contribution in [0.5, 0.6) is 0 Å². The van der Waals surface area contributed by atoms with Gasteiger partial charge in [0, 0.05) is 25.0 Å². The first kappa shape index (κ1) is 16.0. The highest BCUT2D eigenvalue weighted by atomic mass is 16.4. The summed E-state index contributed by atoms with van der Waals surface area (Å²) in [5.41, 5.74) is 1.26. The van der Waals surface area contributed by atoms with Gasteiger partial charge in [0.2, 0.25) is 0 Å². The number of imidazole rings is 1. The van der Waals surface area contributed by atoms with Gasteiger partial charge in [0.25, 0.3) is 0 Å². The summed E-state index contributed by atoms with van der Waals surface area (Å²) in [7, 11) is 0. The van der Waals surface area contributed by atoms with Crippen LogP contribution in [0.1, 0.15) is 45.6 Å². The van der Waals surface area contributed by atoms with Gasteiger partial charge in [0.1, 0.15) is 5.82 Å².